The van der Waals surface area contributed by atoms with Gasteiger partial charge in [0.1, 0.15) is 0 Å². The van der Waals surface area contributed by atoms with Crippen LogP contribution in [-0.4, -0.2) is 24.2 Å². The van der Waals surface area contributed by atoms with E-state index < -0.39 is 17.8 Å². The van der Waals surface area contributed by atoms with E-state index in [1.807, 2.05) is 13.8 Å². The first-order chi connectivity index (χ1) is 7.16. The highest BCUT2D eigenvalue weighted by Gasteiger charge is 2.36. The second-order valence-electron chi connectivity index (χ2n) is 3.36. The molecule has 0 aromatic carbocycles. The molecule has 1 aliphatic carbocycles. The van der Waals surface area contributed by atoms with Crippen LogP contribution < -0.4 is 0 Å². The summed E-state index contributed by atoms with van der Waals surface area (Å²) in [6, 6.07) is 0. The molecular weight excluding hydrogens is 196 g/mol. The summed E-state index contributed by atoms with van der Waals surface area (Å²) in [6.45, 7) is 4.00. The molecule has 0 aliphatic heterocycles. The molecule has 0 spiro atoms. The van der Waals surface area contributed by atoms with Gasteiger partial charge in [0.2, 0.25) is 0 Å². The number of ether oxygens (including phenoxy) is 1. The molecule has 0 radical (unpaired) electrons. The van der Waals surface area contributed by atoms with Crippen molar-refractivity contribution in [3.05, 3.63) is 0 Å². The standard InChI is InChI=1S/C9H14O4.C2H6/c1-13-9(12)7-5-3-2-4-6(7)8(10)11;1-2/h6-7H,2-5H2,1H3,(H,10,11);1-2H3. The molecule has 0 amide bonds. The Balaban J connectivity index is 0.000000921. The van der Waals surface area contributed by atoms with Crippen LogP contribution >= 0.6 is 0 Å². The molecule has 0 aromatic heterocycles. The van der Waals surface area contributed by atoms with Crippen LogP contribution in [0.2, 0.25) is 0 Å². The Morgan fingerprint density at radius 2 is 1.60 bits per heavy atom. The Bertz CT molecular complexity index is 213. The fraction of sp³-hybridized carbons (Fsp3) is 0.818. The van der Waals surface area contributed by atoms with Crippen LogP contribution in [0.1, 0.15) is 39.5 Å². The van der Waals surface area contributed by atoms with Gasteiger partial charge in [-0.2, -0.15) is 0 Å². The van der Waals surface area contributed by atoms with Crippen molar-refractivity contribution in [1.82, 2.24) is 0 Å². The molecule has 1 saturated carbocycles. The number of aliphatic carboxylic acids is 1. The lowest BCUT2D eigenvalue weighted by atomic mass is 9.79. The number of carboxylic acid groups (broad SMARTS) is 1. The van der Waals surface area contributed by atoms with Crippen molar-refractivity contribution in [3.8, 4) is 0 Å². The Hall–Kier alpha value is -1.06. The molecule has 1 rings (SSSR count). The minimum absolute atomic E-state index is 0.382. The van der Waals surface area contributed by atoms with Crippen LogP contribution in [0.3, 0.4) is 0 Å². The molecule has 4 nitrogen and oxygen atoms in total. The van der Waals surface area contributed by atoms with Gasteiger partial charge < -0.3 is 9.84 Å². The number of carboxylic acids is 1. The smallest absolute Gasteiger partial charge is 0.309 e. The number of esters is 1. The van der Waals surface area contributed by atoms with Gasteiger partial charge in [-0.15, -0.1) is 0 Å². The largest absolute Gasteiger partial charge is 0.481 e. The van der Waals surface area contributed by atoms with E-state index in [9.17, 15) is 9.59 Å². The van der Waals surface area contributed by atoms with Crippen LogP contribution in [0.25, 0.3) is 0 Å². The first-order valence-electron chi connectivity index (χ1n) is 5.47. The predicted octanol–water partition coefficient (Wildman–Crippen LogP) is 2.08. The van der Waals surface area contributed by atoms with Crippen molar-refractivity contribution < 1.29 is 19.4 Å². The van der Waals surface area contributed by atoms with Crippen LogP contribution in [0.4, 0.5) is 0 Å². The van der Waals surface area contributed by atoms with Crippen molar-refractivity contribution in [2.75, 3.05) is 7.11 Å². The number of hydrogen-bond acceptors (Lipinski definition) is 3. The molecular formula is C11H20O4. The lowest BCUT2D eigenvalue weighted by Crippen LogP contribution is -2.33. The van der Waals surface area contributed by atoms with Crippen molar-refractivity contribution in [2.24, 2.45) is 11.8 Å². The second kappa shape index (κ2) is 7.26. The molecule has 2 unspecified atom stereocenters. The van der Waals surface area contributed by atoms with Gasteiger partial charge in [0.15, 0.2) is 0 Å². The monoisotopic (exact) mass is 216 g/mol. The van der Waals surface area contributed by atoms with Crippen molar-refractivity contribution in [1.29, 1.82) is 0 Å². The lowest BCUT2D eigenvalue weighted by Gasteiger charge is -2.25. The Kier molecular flexibility index (Phi) is 6.75. The molecule has 88 valence electrons. The van der Waals surface area contributed by atoms with Crippen LogP contribution in [0, 0.1) is 11.8 Å². The van der Waals surface area contributed by atoms with Gasteiger partial charge in [0, 0.05) is 0 Å². The van der Waals surface area contributed by atoms with Crippen LogP contribution in [0.5, 0.6) is 0 Å². The molecule has 0 bridgehead atoms. The first-order valence-corrected chi connectivity index (χ1v) is 5.47. The van der Waals surface area contributed by atoms with Gasteiger partial charge in [-0.05, 0) is 12.8 Å². The third kappa shape index (κ3) is 3.90. The van der Waals surface area contributed by atoms with E-state index in [0.29, 0.717) is 12.8 Å². The fourth-order valence-electron chi connectivity index (χ4n) is 1.86. The van der Waals surface area contributed by atoms with E-state index in [1.165, 1.54) is 7.11 Å². The fourth-order valence-corrected chi connectivity index (χ4v) is 1.86. The van der Waals surface area contributed by atoms with Gasteiger partial charge in [-0.25, -0.2) is 0 Å². The van der Waals surface area contributed by atoms with E-state index in [2.05, 4.69) is 4.74 Å². The van der Waals surface area contributed by atoms with E-state index in [1.54, 1.807) is 0 Å². The SMILES string of the molecule is CC.COC(=O)C1CCCCC1C(=O)O. The third-order valence-corrected chi connectivity index (χ3v) is 2.59. The maximum Gasteiger partial charge on any atom is 0.309 e. The number of carbonyl (C=O) groups excluding carboxylic acids is 1. The summed E-state index contributed by atoms with van der Waals surface area (Å²) in [5, 5.41) is 8.85. The Morgan fingerprint density at radius 3 is 2.00 bits per heavy atom. The van der Waals surface area contributed by atoms with Crippen molar-refractivity contribution in [3.63, 3.8) is 0 Å². The summed E-state index contributed by atoms with van der Waals surface area (Å²) >= 11 is 0. The number of carbonyl (C=O) groups is 2. The van der Waals surface area contributed by atoms with E-state index in [4.69, 9.17) is 5.11 Å². The van der Waals surface area contributed by atoms with E-state index in [0.717, 1.165) is 12.8 Å². The molecule has 0 saturated heterocycles. The lowest BCUT2D eigenvalue weighted by molar-refractivity contribution is -0.157. The number of methoxy groups -OCH3 is 1. The van der Waals surface area contributed by atoms with E-state index in [-0.39, 0.29) is 5.97 Å². The summed E-state index contributed by atoms with van der Waals surface area (Å²) in [5.41, 5.74) is 0. The van der Waals surface area contributed by atoms with Gasteiger partial charge in [0.25, 0.3) is 0 Å². The summed E-state index contributed by atoms with van der Waals surface area (Å²) in [4.78, 5) is 22.0. The summed E-state index contributed by atoms with van der Waals surface area (Å²) in [5.74, 6) is -2.24. The summed E-state index contributed by atoms with van der Waals surface area (Å²) < 4.78 is 4.57. The molecule has 1 N–H and O–H groups in total. The normalized spacial score (nSPS) is 24.7. The second-order valence-corrected chi connectivity index (χ2v) is 3.36. The molecule has 1 aliphatic rings. The maximum atomic E-state index is 11.2. The Labute approximate surface area is 90.6 Å². The number of hydrogen-bond donors (Lipinski definition) is 1. The highest BCUT2D eigenvalue weighted by molar-refractivity contribution is 5.81. The molecule has 15 heavy (non-hydrogen) atoms. The quantitative estimate of drug-likeness (QED) is 0.718. The highest BCUT2D eigenvalue weighted by atomic mass is 16.5. The topological polar surface area (TPSA) is 63.6 Å². The average molecular weight is 216 g/mol. The minimum Gasteiger partial charge on any atom is -0.481 e. The van der Waals surface area contributed by atoms with Gasteiger partial charge in [0.05, 0.1) is 18.9 Å². The molecule has 2 atom stereocenters. The van der Waals surface area contributed by atoms with Gasteiger partial charge in [-0.3, -0.25) is 9.59 Å². The van der Waals surface area contributed by atoms with Gasteiger partial charge in [-0.1, -0.05) is 26.7 Å². The maximum absolute atomic E-state index is 11.2. The molecule has 1 fully saturated rings. The minimum atomic E-state index is -0.880. The van der Waals surface area contributed by atoms with Crippen molar-refractivity contribution >= 4 is 11.9 Å². The zero-order chi connectivity index (χ0) is 11.8. The highest BCUT2D eigenvalue weighted by Crippen LogP contribution is 2.30. The Morgan fingerprint density at radius 1 is 1.13 bits per heavy atom. The molecule has 0 aromatic rings. The summed E-state index contributed by atoms with van der Waals surface area (Å²) in [6.07, 6.45) is 3.05. The average Bonchev–Trinajstić information content (AvgIpc) is 2.30. The molecule has 4 heteroatoms. The third-order valence-electron chi connectivity index (χ3n) is 2.59. The van der Waals surface area contributed by atoms with Crippen LogP contribution in [0.15, 0.2) is 0 Å². The van der Waals surface area contributed by atoms with Gasteiger partial charge >= 0.3 is 11.9 Å². The van der Waals surface area contributed by atoms with Crippen LogP contribution in [-0.2, 0) is 14.3 Å². The molecule has 0 heterocycles. The van der Waals surface area contributed by atoms with Crippen molar-refractivity contribution in [2.45, 2.75) is 39.5 Å². The van der Waals surface area contributed by atoms with E-state index >= 15 is 0 Å². The zero-order valence-electron chi connectivity index (χ0n) is 9.66. The first kappa shape index (κ1) is 13.9. The number of rotatable bonds is 2. The summed E-state index contributed by atoms with van der Waals surface area (Å²) in [7, 11) is 1.30. The zero-order valence-corrected chi connectivity index (χ0v) is 9.66. The predicted molar refractivity (Wildman–Crippen MR) is 56.4 cm³/mol.